The SMILES string of the molecule is CC(C)C[C@H](NC(=O)[C@@H](NC(=O)[C@@H](N)CC(C)C)C(C)C)C(=O)N[C@@H](Cc1ccc(O)cc1)C(=O)N[C@@H](CCC(=O)O)C(=O)N[C@@H](Cc1ccc(O)cc1)C(=O)O. The van der Waals surface area contributed by atoms with Crippen LogP contribution in [0.25, 0.3) is 0 Å². The maximum atomic E-state index is 14.0. The minimum absolute atomic E-state index is 0.0519. The van der Waals surface area contributed by atoms with Crippen LogP contribution in [-0.4, -0.2) is 98.2 Å². The summed E-state index contributed by atoms with van der Waals surface area (Å²) in [6.07, 6.45) is -0.882. The number of nitrogens with two attached hydrogens (primary N) is 1. The Morgan fingerprint density at radius 2 is 0.965 bits per heavy atom. The number of phenols is 2. The van der Waals surface area contributed by atoms with Crippen LogP contribution in [0.5, 0.6) is 11.5 Å². The van der Waals surface area contributed by atoms with Gasteiger partial charge in [-0.3, -0.25) is 28.8 Å². The maximum absolute atomic E-state index is 14.0. The molecule has 6 atom stereocenters. The van der Waals surface area contributed by atoms with E-state index in [1.807, 2.05) is 27.7 Å². The van der Waals surface area contributed by atoms with Gasteiger partial charge in [0.05, 0.1) is 6.04 Å². The predicted octanol–water partition coefficient (Wildman–Crippen LogP) is 1.33. The van der Waals surface area contributed by atoms with Crippen LogP contribution >= 0.6 is 0 Å². The summed E-state index contributed by atoms with van der Waals surface area (Å²) in [5.41, 5.74) is 6.99. The number of carboxylic acids is 2. The van der Waals surface area contributed by atoms with Crippen LogP contribution in [0, 0.1) is 17.8 Å². The van der Waals surface area contributed by atoms with Crippen molar-refractivity contribution in [1.82, 2.24) is 26.6 Å². The molecule has 0 aliphatic rings. The van der Waals surface area contributed by atoms with E-state index in [9.17, 15) is 54.0 Å². The molecule has 0 heterocycles. The van der Waals surface area contributed by atoms with E-state index in [2.05, 4.69) is 26.6 Å². The molecule has 2 aromatic carbocycles. The number of benzene rings is 2. The Kier molecular flexibility index (Phi) is 18.9. The van der Waals surface area contributed by atoms with Gasteiger partial charge in [0.2, 0.25) is 29.5 Å². The zero-order valence-corrected chi connectivity index (χ0v) is 33.3. The van der Waals surface area contributed by atoms with Crippen molar-refractivity contribution in [2.45, 2.75) is 116 Å². The zero-order valence-electron chi connectivity index (χ0n) is 33.3. The molecule has 0 aliphatic heterocycles. The molecule has 0 saturated heterocycles. The van der Waals surface area contributed by atoms with Gasteiger partial charge in [-0.25, -0.2) is 4.79 Å². The van der Waals surface area contributed by atoms with Crippen molar-refractivity contribution in [1.29, 1.82) is 0 Å². The van der Waals surface area contributed by atoms with Gasteiger partial charge in [-0.1, -0.05) is 65.8 Å². The van der Waals surface area contributed by atoms with Crippen molar-refractivity contribution >= 4 is 41.5 Å². The highest BCUT2D eigenvalue weighted by atomic mass is 16.4. The quantitative estimate of drug-likeness (QED) is 0.0762. The van der Waals surface area contributed by atoms with Gasteiger partial charge in [-0.15, -0.1) is 0 Å². The number of carbonyl (C=O) groups excluding carboxylic acids is 5. The Hall–Kier alpha value is -5.71. The van der Waals surface area contributed by atoms with Gasteiger partial charge in [-0.05, 0) is 72.4 Å². The highest BCUT2D eigenvalue weighted by molar-refractivity contribution is 5.96. The standard InChI is InChI=1S/C40H58N6O11/c1-21(2)17-28(41)35(51)46-34(23(5)6)39(55)44-30(18-22(3)4)37(53)43-31(19-24-7-11-26(47)12-8-24)38(54)42-29(15-16-33(49)50)36(52)45-32(40(56)57)20-25-9-13-27(48)14-10-25/h7-14,21-23,28-32,34,47-48H,15-20,41H2,1-6H3,(H,42,54)(H,43,53)(H,44,55)(H,45,52)(H,46,51)(H,49,50)(H,56,57)/t28-,29-,30-,31-,32-,34-/m0/s1. The smallest absolute Gasteiger partial charge is 0.326 e. The van der Waals surface area contributed by atoms with Crippen LogP contribution in [0.1, 0.15) is 78.4 Å². The molecule has 57 heavy (non-hydrogen) atoms. The molecule has 17 heteroatoms. The molecular formula is C40H58N6O11. The summed E-state index contributed by atoms with van der Waals surface area (Å²) >= 11 is 0. The van der Waals surface area contributed by atoms with Gasteiger partial charge in [-0.2, -0.15) is 0 Å². The van der Waals surface area contributed by atoms with E-state index in [4.69, 9.17) is 5.73 Å². The summed E-state index contributed by atoms with van der Waals surface area (Å²) in [4.78, 5) is 91.6. The number of carbonyl (C=O) groups is 7. The molecule has 11 N–H and O–H groups in total. The second kappa shape index (κ2) is 22.7. The second-order valence-electron chi connectivity index (χ2n) is 15.4. The summed E-state index contributed by atoms with van der Waals surface area (Å²) in [7, 11) is 0. The number of aliphatic carboxylic acids is 2. The van der Waals surface area contributed by atoms with Crippen molar-refractivity contribution in [2.24, 2.45) is 23.5 Å². The molecule has 314 valence electrons. The van der Waals surface area contributed by atoms with E-state index >= 15 is 0 Å². The van der Waals surface area contributed by atoms with Crippen LogP contribution in [-0.2, 0) is 46.4 Å². The van der Waals surface area contributed by atoms with Crippen molar-refractivity contribution in [2.75, 3.05) is 0 Å². The summed E-state index contributed by atoms with van der Waals surface area (Å²) in [6.45, 7) is 10.9. The monoisotopic (exact) mass is 798 g/mol. The van der Waals surface area contributed by atoms with Gasteiger partial charge >= 0.3 is 11.9 Å². The van der Waals surface area contributed by atoms with E-state index in [-0.39, 0.29) is 42.6 Å². The third-order valence-electron chi connectivity index (χ3n) is 8.93. The first-order chi connectivity index (χ1) is 26.7. The summed E-state index contributed by atoms with van der Waals surface area (Å²) < 4.78 is 0. The lowest BCUT2D eigenvalue weighted by atomic mass is 9.98. The third kappa shape index (κ3) is 16.9. The van der Waals surface area contributed by atoms with Crippen molar-refractivity contribution in [3.63, 3.8) is 0 Å². The molecule has 0 bridgehead atoms. The van der Waals surface area contributed by atoms with Gasteiger partial charge in [0.25, 0.3) is 0 Å². The number of hydrogen-bond donors (Lipinski definition) is 10. The Bertz CT molecular complexity index is 1680. The molecule has 0 spiro atoms. The average Bonchev–Trinajstić information content (AvgIpc) is 3.11. The maximum Gasteiger partial charge on any atom is 0.326 e. The normalized spacial score (nSPS) is 14.4. The molecule has 5 amide bonds. The fourth-order valence-corrected chi connectivity index (χ4v) is 5.87. The van der Waals surface area contributed by atoms with Gasteiger partial charge in [0.15, 0.2) is 0 Å². The van der Waals surface area contributed by atoms with Gasteiger partial charge in [0, 0.05) is 19.3 Å². The summed E-state index contributed by atoms with van der Waals surface area (Å²) in [6, 6.07) is 3.79. The first-order valence-corrected chi connectivity index (χ1v) is 18.9. The second-order valence-corrected chi connectivity index (χ2v) is 15.4. The number of amides is 5. The molecule has 2 rings (SSSR count). The van der Waals surface area contributed by atoms with E-state index in [0.717, 1.165) is 0 Å². The lowest BCUT2D eigenvalue weighted by Gasteiger charge is -2.29. The Labute approximate surface area is 332 Å². The van der Waals surface area contributed by atoms with Crippen molar-refractivity contribution < 1.29 is 54.0 Å². The predicted molar refractivity (Wildman–Crippen MR) is 210 cm³/mol. The van der Waals surface area contributed by atoms with Crippen LogP contribution < -0.4 is 32.3 Å². The van der Waals surface area contributed by atoms with E-state index in [1.165, 1.54) is 48.5 Å². The molecule has 0 aromatic heterocycles. The number of aromatic hydroxyl groups is 2. The Balaban J connectivity index is 2.40. The average molecular weight is 799 g/mol. The van der Waals surface area contributed by atoms with Gasteiger partial charge in [0.1, 0.15) is 41.7 Å². The molecule has 17 nitrogen and oxygen atoms in total. The van der Waals surface area contributed by atoms with Crippen molar-refractivity contribution in [3.8, 4) is 11.5 Å². The first kappa shape index (κ1) is 47.4. The van der Waals surface area contributed by atoms with Crippen LogP contribution in [0.3, 0.4) is 0 Å². The molecule has 0 unspecified atom stereocenters. The van der Waals surface area contributed by atoms with Crippen LogP contribution in [0.15, 0.2) is 48.5 Å². The molecule has 0 radical (unpaired) electrons. The Morgan fingerprint density at radius 1 is 0.544 bits per heavy atom. The topological polar surface area (TPSA) is 287 Å². The molecule has 0 saturated carbocycles. The van der Waals surface area contributed by atoms with Crippen LogP contribution in [0.2, 0.25) is 0 Å². The fourth-order valence-electron chi connectivity index (χ4n) is 5.87. The highest BCUT2D eigenvalue weighted by Crippen LogP contribution is 2.15. The molecule has 2 aromatic rings. The fraction of sp³-hybridized carbons (Fsp3) is 0.525. The summed E-state index contributed by atoms with van der Waals surface area (Å²) in [5.74, 6) is -7.08. The zero-order chi connectivity index (χ0) is 43.0. The van der Waals surface area contributed by atoms with Crippen molar-refractivity contribution in [3.05, 3.63) is 59.7 Å². The number of carboxylic acid groups (broad SMARTS) is 2. The number of nitrogens with one attached hydrogen (secondary N) is 5. The molecule has 0 aliphatic carbocycles. The lowest BCUT2D eigenvalue weighted by Crippen LogP contribution is -2.60. The van der Waals surface area contributed by atoms with Gasteiger partial charge < -0.3 is 52.7 Å². The number of rotatable bonds is 23. The van der Waals surface area contributed by atoms with E-state index in [0.29, 0.717) is 17.5 Å². The van der Waals surface area contributed by atoms with E-state index < -0.39 is 96.5 Å². The summed E-state index contributed by atoms with van der Waals surface area (Å²) in [5, 5.41) is 51.5. The first-order valence-electron chi connectivity index (χ1n) is 18.9. The molecule has 0 fully saturated rings. The minimum atomic E-state index is -1.56. The van der Waals surface area contributed by atoms with E-state index in [1.54, 1.807) is 13.8 Å². The lowest BCUT2D eigenvalue weighted by molar-refractivity contribution is -0.143. The van der Waals surface area contributed by atoms with Crippen LogP contribution in [0.4, 0.5) is 0 Å². The Morgan fingerprint density at radius 3 is 1.42 bits per heavy atom. The largest absolute Gasteiger partial charge is 0.508 e. The highest BCUT2D eigenvalue weighted by Gasteiger charge is 2.34. The number of phenolic OH excluding ortho intramolecular Hbond substituents is 2. The third-order valence-corrected chi connectivity index (χ3v) is 8.93. The number of hydrogen-bond acceptors (Lipinski definition) is 10. The molecular weight excluding hydrogens is 740 g/mol. The minimum Gasteiger partial charge on any atom is -0.508 e.